The fourth-order valence-electron chi connectivity index (χ4n) is 2.86. The molecule has 0 amide bonds. The van der Waals surface area contributed by atoms with E-state index in [2.05, 4.69) is 20.9 Å². The van der Waals surface area contributed by atoms with Crippen molar-refractivity contribution in [3.8, 4) is 0 Å². The highest BCUT2D eigenvalue weighted by molar-refractivity contribution is 9.10. The van der Waals surface area contributed by atoms with Gasteiger partial charge in [-0.25, -0.2) is 9.78 Å². The summed E-state index contributed by atoms with van der Waals surface area (Å²) in [5.74, 6) is -0.405. The minimum absolute atomic E-state index is 0.123. The molecule has 120 valence electrons. The molecule has 0 bridgehead atoms. The molecule has 1 aliphatic heterocycles. The van der Waals surface area contributed by atoms with Crippen LogP contribution in [0.2, 0.25) is 0 Å². The highest BCUT2D eigenvalue weighted by atomic mass is 79.9. The second-order valence-electron chi connectivity index (χ2n) is 5.52. The standard InChI is InChI=1S/C17H11BrN2O3S/c18-11-7-12(24-8-11)5-9-3-4-20-15(9)19-14-6-10(17(22)23)1-2-13(14)16(20)21/h1-2,5-8H,3-4H2,(H,22,23)/b9-5-. The molecule has 4 rings (SSSR count). The van der Waals surface area contributed by atoms with Crippen molar-refractivity contribution in [2.75, 3.05) is 0 Å². The van der Waals surface area contributed by atoms with E-state index >= 15 is 0 Å². The average Bonchev–Trinajstić information content (AvgIpc) is 3.14. The van der Waals surface area contributed by atoms with Crippen LogP contribution in [-0.2, 0) is 6.54 Å². The zero-order chi connectivity index (χ0) is 16.8. The average molecular weight is 403 g/mol. The molecule has 3 aromatic rings. The van der Waals surface area contributed by atoms with E-state index in [-0.39, 0.29) is 11.1 Å². The van der Waals surface area contributed by atoms with Crippen molar-refractivity contribution in [3.05, 3.63) is 60.7 Å². The number of benzene rings is 1. The SMILES string of the molecule is O=C(O)c1ccc2c(=O)n3c(nc2c1)/C(=C\c1cc(Br)cs1)CC3. The number of aromatic carboxylic acids is 1. The molecule has 7 heteroatoms. The van der Waals surface area contributed by atoms with Crippen LogP contribution in [0.15, 0.2) is 38.9 Å². The summed E-state index contributed by atoms with van der Waals surface area (Å²) < 4.78 is 2.68. The Bertz CT molecular complexity index is 1080. The van der Waals surface area contributed by atoms with Crippen molar-refractivity contribution in [1.82, 2.24) is 9.55 Å². The smallest absolute Gasteiger partial charge is 0.335 e. The molecule has 5 nitrogen and oxygen atoms in total. The van der Waals surface area contributed by atoms with E-state index in [4.69, 9.17) is 5.11 Å². The van der Waals surface area contributed by atoms with Gasteiger partial charge in [0, 0.05) is 21.3 Å². The fourth-order valence-corrected chi connectivity index (χ4v) is 4.26. The molecular formula is C17H11BrN2O3S. The quantitative estimate of drug-likeness (QED) is 0.705. The number of rotatable bonds is 2. The lowest BCUT2D eigenvalue weighted by molar-refractivity contribution is 0.0697. The summed E-state index contributed by atoms with van der Waals surface area (Å²) in [5, 5.41) is 11.6. The zero-order valence-electron chi connectivity index (χ0n) is 12.3. The lowest BCUT2D eigenvalue weighted by Crippen LogP contribution is -2.20. The zero-order valence-corrected chi connectivity index (χ0v) is 14.7. The molecule has 0 radical (unpaired) electrons. The first kappa shape index (κ1) is 15.3. The van der Waals surface area contributed by atoms with Gasteiger partial charge < -0.3 is 5.11 Å². The first-order valence-electron chi connectivity index (χ1n) is 7.26. The second-order valence-corrected chi connectivity index (χ2v) is 7.37. The predicted octanol–water partition coefficient (Wildman–Crippen LogP) is 3.86. The van der Waals surface area contributed by atoms with Gasteiger partial charge in [0.2, 0.25) is 0 Å². The van der Waals surface area contributed by atoms with Gasteiger partial charge in [-0.1, -0.05) is 0 Å². The summed E-state index contributed by atoms with van der Waals surface area (Å²) in [5.41, 5.74) is 1.42. The molecule has 3 heterocycles. The van der Waals surface area contributed by atoms with Crippen LogP contribution in [0.3, 0.4) is 0 Å². The molecule has 0 saturated heterocycles. The number of hydrogen-bond acceptors (Lipinski definition) is 4. The van der Waals surface area contributed by atoms with E-state index in [0.29, 0.717) is 23.3 Å². The maximum absolute atomic E-state index is 12.6. The molecule has 0 atom stereocenters. The maximum Gasteiger partial charge on any atom is 0.335 e. The molecule has 0 unspecified atom stereocenters. The Morgan fingerprint density at radius 1 is 1.38 bits per heavy atom. The first-order valence-corrected chi connectivity index (χ1v) is 8.93. The van der Waals surface area contributed by atoms with Crippen LogP contribution in [0, 0.1) is 0 Å². The van der Waals surface area contributed by atoms with Crippen LogP contribution in [0.25, 0.3) is 22.6 Å². The van der Waals surface area contributed by atoms with Crippen molar-refractivity contribution in [3.63, 3.8) is 0 Å². The van der Waals surface area contributed by atoms with Crippen molar-refractivity contribution < 1.29 is 9.90 Å². The van der Waals surface area contributed by atoms with Gasteiger partial charge in [0.1, 0.15) is 5.82 Å². The van der Waals surface area contributed by atoms with Crippen LogP contribution in [-0.4, -0.2) is 20.6 Å². The van der Waals surface area contributed by atoms with Crippen LogP contribution in [0.4, 0.5) is 0 Å². The minimum atomic E-state index is -1.03. The summed E-state index contributed by atoms with van der Waals surface area (Å²) in [4.78, 5) is 29.4. The Labute approximate surface area is 149 Å². The van der Waals surface area contributed by atoms with E-state index < -0.39 is 5.97 Å². The Balaban J connectivity index is 1.91. The van der Waals surface area contributed by atoms with E-state index in [1.807, 2.05) is 17.5 Å². The van der Waals surface area contributed by atoms with Gasteiger partial charge >= 0.3 is 5.97 Å². The summed E-state index contributed by atoms with van der Waals surface area (Å²) in [6, 6.07) is 6.45. The van der Waals surface area contributed by atoms with Crippen LogP contribution < -0.4 is 5.56 Å². The Hall–Kier alpha value is -2.25. The van der Waals surface area contributed by atoms with Gasteiger partial charge in [0.15, 0.2) is 0 Å². The number of carbonyl (C=O) groups is 1. The molecule has 0 spiro atoms. The molecule has 1 aromatic carbocycles. The number of carboxylic acid groups (broad SMARTS) is 1. The predicted molar refractivity (Wildman–Crippen MR) is 97.5 cm³/mol. The van der Waals surface area contributed by atoms with E-state index in [0.717, 1.165) is 21.3 Å². The van der Waals surface area contributed by atoms with Gasteiger partial charge in [-0.3, -0.25) is 9.36 Å². The number of hydrogen-bond donors (Lipinski definition) is 1. The van der Waals surface area contributed by atoms with Gasteiger partial charge in [-0.2, -0.15) is 0 Å². The third-order valence-corrected chi connectivity index (χ3v) is 5.64. The van der Waals surface area contributed by atoms with Crippen LogP contribution in [0.5, 0.6) is 0 Å². The Morgan fingerprint density at radius 3 is 2.92 bits per heavy atom. The summed E-state index contributed by atoms with van der Waals surface area (Å²) in [6.45, 7) is 0.593. The molecule has 0 aliphatic carbocycles. The molecule has 24 heavy (non-hydrogen) atoms. The lowest BCUT2D eigenvalue weighted by atomic mass is 10.1. The van der Waals surface area contributed by atoms with E-state index in [1.54, 1.807) is 22.0 Å². The van der Waals surface area contributed by atoms with Gasteiger partial charge in [-0.15, -0.1) is 11.3 Å². The summed E-state index contributed by atoms with van der Waals surface area (Å²) in [7, 11) is 0. The number of thiophene rings is 1. The number of fused-ring (bicyclic) bond motifs is 2. The van der Waals surface area contributed by atoms with Crippen LogP contribution >= 0.6 is 27.3 Å². The molecule has 0 saturated carbocycles. The largest absolute Gasteiger partial charge is 0.478 e. The van der Waals surface area contributed by atoms with Crippen molar-refractivity contribution >= 4 is 55.8 Å². The van der Waals surface area contributed by atoms with Gasteiger partial charge in [-0.05, 0) is 58.3 Å². The van der Waals surface area contributed by atoms with Crippen molar-refractivity contribution in [2.45, 2.75) is 13.0 Å². The Morgan fingerprint density at radius 2 is 2.21 bits per heavy atom. The normalized spacial score (nSPS) is 15.1. The first-order chi connectivity index (χ1) is 11.5. The third kappa shape index (κ3) is 2.50. The fraction of sp³-hybridized carbons (Fsp3) is 0.118. The molecule has 1 aliphatic rings. The summed E-state index contributed by atoms with van der Waals surface area (Å²) >= 11 is 5.04. The monoisotopic (exact) mass is 402 g/mol. The van der Waals surface area contributed by atoms with Crippen molar-refractivity contribution in [1.29, 1.82) is 0 Å². The number of allylic oxidation sites excluding steroid dienone is 1. The lowest BCUT2D eigenvalue weighted by Gasteiger charge is -2.06. The van der Waals surface area contributed by atoms with E-state index in [9.17, 15) is 9.59 Å². The summed E-state index contributed by atoms with van der Waals surface area (Å²) in [6.07, 6.45) is 2.77. The second kappa shape index (κ2) is 5.68. The number of nitrogens with zero attached hydrogens (tertiary/aromatic N) is 2. The van der Waals surface area contributed by atoms with Crippen LogP contribution in [0.1, 0.15) is 27.5 Å². The molecule has 1 N–H and O–H groups in total. The number of halogens is 1. The van der Waals surface area contributed by atoms with Gasteiger partial charge in [0.05, 0.1) is 16.5 Å². The number of aromatic nitrogens is 2. The minimum Gasteiger partial charge on any atom is -0.478 e. The Kier molecular flexibility index (Phi) is 3.62. The highest BCUT2D eigenvalue weighted by Crippen LogP contribution is 2.30. The van der Waals surface area contributed by atoms with Crippen molar-refractivity contribution in [2.24, 2.45) is 0 Å². The van der Waals surface area contributed by atoms with E-state index in [1.165, 1.54) is 12.1 Å². The third-order valence-electron chi connectivity index (χ3n) is 4.00. The number of carboxylic acids is 1. The highest BCUT2D eigenvalue weighted by Gasteiger charge is 2.21. The molecule has 0 fully saturated rings. The molecule has 2 aromatic heterocycles. The topological polar surface area (TPSA) is 72.2 Å². The maximum atomic E-state index is 12.6. The molecular weight excluding hydrogens is 392 g/mol. The van der Waals surface area contributed by atoms with Gasteiger partial charge in [0.25, 0.3) is 5.56 Å².